The maximum atomic E-state index is 13.2. The summed E-state index contributed by atoms with van der Waals surface area (Å²) < 4.78 is 41.2. The van der Waals surface area contributed by atoms with E-state index in [-0.39, 0.29) is 22.6 Å². The van der Waals surface area contributed by atoms with Crippen LogP contribution in [0.5, 0.6) is 0 Å². The van der Waals surface area contributed by atoms with Crippen molar-refractivity contribution in [2.45, 2.75) is 6.18 Å². The van der Waals surface area contributed by atoms with Crippen molar-refractivity contribution in [3.63, 3.8) is 0 Å². The molecule has 0 saturated carbocycles. The molecule has 0 amide bonds. The zero-order chi connectivity index (χ0) is 21.5. The molecule has 146 valence electrons. The summed E-state index contributed by atoms with van der Waals surface area (Å²) in [6.07, 6.45) is 0.0212. The molecule has 0 N–H and O–H groups in total. The number of alkyl halides is 3. The fraction of sp³-hybridized carbons (Fsp3) is 0.0500. The van der Waals surface area contributed by atoms with Crippen LogP contribution in [0, 0.1) is 22.7 Å². The second-order valence-corrected chi connectivity index (χ2v) is 6.19. The normalized spacial score (nSPS) is 11.2. The topological polar surface area (TPSA) is 100 Å². The first kappa shape index (κ1) is 18.9. The van der Waals surface area contributed by atoms with Crippen molar-refractivity contribution < 1.29 is 13.2 Å². The van der Waals surface area contributed by atoms with Crippen molar-refractivity contribution in [1.82, 2.24) is 19.1 Å². The van der Waals surface area contributed by atoms with Crippen molar-refractivity contribution in [1.29, 1.82) is 10.5 Å². The number of nitriles is 2. The Bertz CT molecular complexity index is 1430. The Hall–Kier alpha value is -4.44. The number of aromatic nitrogens is 4. The third-order valence-corrected chi connectivity index (χ3v) is 4.44. The molecule has 1 aromatic carbocycles. The molecule has 4 aromatic rings. The number of hydrogen-bond donors (Lipinski definition) is 0. The third kappa shape index (κ3) is 2.97. The molecule has 0 aliphatic rings. The van der Waals surface area contributed by atoms with Gasteiger partial charge in [0, 0.05) is 29.4 Å². The van der Waals surface area contributed by atoms with Crippen molar-refractivity contribution in [2.24, 2.45) is 0 Å². The average Bonchev–Trinajstić information content (AvgIpc) is 3.08. The van der Waals surface area contributed by atoms with Crippen LogP contribution in [-0.4, -0.2) is 19.1 Å². The van der Waals surface area contributed by atoms with Crippen LogP contribution in [0.15, 0.2) is 59.9 Å². The van der Waals surface area contributed by atoms with E-state index >= 15 is 0 Å². The Morgan fingerprint density at radius 2 is 1.77 bits per heavy atom. The number of hydrogen-bond acceptors (Lipinski definition) is 5. The minimum atomic E-state index is -4.77. The first-order chi connectivity index (χ1) is 14.3. The SMILES string of the molecule is N#Cc1cnc(C(F)(F)F)cc1-n1cc(C#N)n(-c2cncc3ccccc23)c1=O. The number of imidazole rings is 1. The van der Waals surface area contributed by atoms with E-state index in [0.717, 1.165) is 21.5 Å². The molecule has 0 atom stereocenters. The number of pyridine rings is 2. The zero-order valence-electron chi connectivity index (χ0n) is 14.9. The lowest BCUT2D eigenvalue weighted by molar-refractivity contribution is -0.141. The van der Waals surface area contributed by atoms with Gasteiger partial charge in [0.2, 0.25) is 0 Å². The molecule has 0 radical (unpaired) electrons. The van der Waals surface area contributed by atoms with Gasteiger partial charge in [-0.05, 0) is 6.07 Å². The summed E-state index contributed by atoms with van der Waals surface area (Å²) in [5.74, 6) is 0. The highest BCUT2D eigenvalue weighted by Crippen LogP contribution is 2.30. The van der Waals surface area contributed by atoms with Crippen LogP contribution >= 0.6 is 0 Å². The molecule has 0 fully saturated rings. The van der Waals surface area contributed by atoms with Gasteiger partial charge in [0.05, 0.1) is 23.1 Å². The van der Waals surface area contributed by atoms with E-state index in [2.05, 4.69) is 9.97 Å². The van der Waals surface area contributed by atoms with Crippen LogP contribution in [0.3, 0.4) is 0 Å². The van der Waals surface area contributed by atoms with Gasteiger partial charge < -0.3 is 0 Å². The second-order valence-electron chi connectivity index (χ2n) is 6.19. The molecule has 0 bridgehead atoms. The van der Waals surface area contributed by atoms with E-state index < -0.39 is 17.6 Å². The number of nitrogens with zero attached hydrogens (tertiary/aromatic N) is 6. The van der Waals surface area contributed by atoms with E-state index in [1.54, 1.807) is 36.5 Å². The van der Waals surface area contributed by atoms with Gasteiger partial charge in [-0.15, -0.1) is 0 Å². The molecule has 0 unspecified atom stereocenters. The van der Waals surface area contributed by atoms with Crippen LogP contribution in [0.4, 0.5) is 13.2 Å². The fourth-order valence-electron chi connectivity index (χ4n) is 3.09. The minimum absolute atomic E-state index is 0.132. The van der Waals surface area contributed by atoms with Gasteiger partial charge in [0.25, 0.3) is 0 Å². The van der Waals surface area contributed by atoms with Gasteiger partial charge in [0.1, 0.15) is 23.5 Å². The summed E-state index contributed by atoms with van der Waals surface area (Å²) in [6, 6.07) is 11.2. The first-order valence-corrected chi connectivity index (χ1v) is 8.40. The molecule has 30 heavy (non-hydrogen) atoms. The summed E-state index contributed by atoms with van der Waals surface area (Å²) >= 11 is 0. The summed E-state index contributed by atoms with van der Waals surface area (Å²) in [6.45, 7) is 0. The molecule has 0 aliphatic heterocycles. The second kappa shape index (κ2) is 6.87. The quantitative estimate of drug-likeness (QED) is 0.508. The molecule has 0 aliphatic carbocycles. The summed E-state index contributed by atoms with van der Waals surface area (Å²) in [4.78, 5) is 20.5. The predicted octanol–water partition coefficient (Wildman–Crippen LogP) is 3.33. The Labute approximate surface area is 166 Å². The van der Waals surface area contributed by atoms with Crippen molar-refractivity contribution >= 4 is 10.8 Å². The largest absolute Gasteiger partial charge is 0.433 e. The Morgan fingerprint density at radius 1 is 1.00 bits per heavy atom. The van der Waals surface area contributed by atoms with E-state index in [9.17, 15) is 28.5 Å². The lowest BCUT2D eigenvalue weighted by Crippen LogP contribution is -2.24. The summed E-state index contributed by atoms with van der Waals surface area (Å²) in [5, 5.41) is 20.2. The van der Waals surface area contributed by atoms with Gasteiger partial charge >= 0.3 is 11.9 Å². The molecule has 10 heteroatoms. The maximum absolute atomic E-state index is 13.2. The van der Waals surface area contributed by atoms with Crippen molar-refractivity contribution in [3.8, 4) is 23.5 Å². The molecule has 7 nitrogen and oxygen atoms in total. The highest BCUT2D eigenvalue weighted by molar-refractivity contribution is 5.89. The first-order valence-electron chi connectivity index (χ1n) is 8.40. The monoisotopic (exact) mass is 406 g/mol. The molecular weight excluding hydrogens is 397 g/mol. The van der Waals surface area contributed by atoms with Gasteiger partial charge in [-0.3, -0.25) is 14.5 Å². The minimum Gasteiger partial charge on any atom is -0.265 e. The standard InChI is InChI=1S/C20H9F3N6O/c21-20(22,23)18-5-16(13(6-24)9-27-18)28-11-14(7-25)29(19(28)30)17-10-26-8-12-3-1-2-4-15(12)17/h1-5,8-11H. The smallest absolute Gasteiger partial charge is 0.265 e. The Kier molecular flexibility index (Phi) is 4.33. The van der Waals surface area contributed by atoms with E-state index in [1.165, 1.54) is 6.20 Å². The van der Waals surface area contributed by atoms with Gasteiger partial charge in [0.15, 0.2) is 0 Å². The van der Waals surface area contributed by atoms with Gasteiger partial charge in [-0.2, -0.15) is 23.7 Å². The van der Waals surface area contributed by atoms with E-state index in [0.29, 0.717) is 16.8 Å². The molecule has 0 saturated heterocycles. The lowest BCUT2D eigenvalue weighted by Gasteiger charge is -2.10. The van der Waals surface area contributed by atoms with Crippen LogP contribution in [-0.2, 0) is 6.18 Å². The zero-order valence-corrected chi connectivity index (χ0v) is 14.9. The number of halogens is 3. The number of benzene rings is 1. The highest BCUT2D eigenvalue weighted by Gasteiger charge is 2.33. The average molecular weight is 406 g/mol. The summed E-state index contributed by atoms with van der Waals surface area (Å²) in [5.41, 5.74) is -2.50. The number of fused-ring (bicyclic) bond motifs is 1. The van der Waals surface area contributed by atoms with E-state index in [4.69, 9.17) is 0 Å². The van der Waals surface area contributed by atoms with Crippen molar-refractivity contribution in [3.05, 3.63) is 82.6 Å². The van der Waals surface area contributed by atoms with Crippen LogP contribution in [0.1, 0.15) is 17.0 Å². The van der Waals surface area contributed by atoms with Gasteiger partial charge in [-0.25, -0.2) is 9.36 Å². The predicted molar refractivity (Wildman–Crippen MR) is 98.9 cm³/mol. The molecule has 3 aromatic heterocycles. The fourth-order valence-corrected chi connectivity index (χ4v) is 3.09. The molecule has 0 spiro atoms. The Balaban J connectivity index is 2.03. The van der Waals surface area contributed by atoms with Crippen LogP contribution in [0.2, 0.25) is 0 Å². The third-order valence-electron chi connectivity index (χ3n) is 4.44. The summed E-state index contributed by atoms with van der Waals surface area (Å²) in [7, 11) is 0. The molecule has 3 heterocycles. The number of rotatable bonds is 2. The van der Waals surface area contributed by atoms with Crippen LogP contribution < -0.4 is 5.69 Å². The molecular formula is C20H9F3N6O. The highest BCUT2D eigenvalue weighted by atomic mass is 19.4. The lowest BCUT2D eigenvalue weighted by atomic mass is 10.1. The Morgan fingerprint density at radius 3 is 2.47 bits per heavy atom. The van der Waals surface area contributed by atoms with E-state index in [1.807, 2.05) is 6.07 Å². The molecule has 4 rings (SSSR count). The van der Waals surface area contributed by atoms with Crippen LogP contribution in [0.25, 0.3) is 22.1 Å². The van der Waals surface area contributed by atoms with Crippen molar-refractivity contribution in [2.75, 3.05) is 0 Å². The maximum Gasteiger partial charge on any atom is 0.433 e. The van der Waals surface area contributed by atoms with Gasteiger partial charge in [-0.1, -0.05) is 24.3 Å².